The number of fused-ring (bicyclic) bond motifs is 1. The summed E-state index contributed by atoms with van der Waals surface area (Å²) in [5.41, 5.74) is 8.59. The highest BCUT2D eigenvalue weighted by molar-refractivity contribution is 6.43. The predicted octanol–water partition coefficient (Wildman–Crippen LogP) is 3.91. The molecule has 2 aliphatic rings. The van der Waals surface area contributed by atoms with E-state index in [0.717, 1.165) is 25.9 Å². The number of piperidine rings is 1. The number of nitrogens with zero attached hydrogens (tertiary/aromatic N) is 5. The van der Waals surface area contributed by atoms with Gasteiger partial charge in [-0.2, -0.15) is 5.26 Å². The molecule has 160 valence electrons. The average molecular weight is 457 g/mol. The Labute approximate surface area is 190 Å². The Kier molecular flexibility index (Phi) is 5.06. The Hall–Kier alpha value is -2.37. The number of rotatable bonds is 2. The molecule has 9 heteroatoms. The third-order valence-electron chi connectivity index (χ3n) is 6.74. The van der Waals surface area contributed by atoms with Gasteiger partial charge in [0.2, 0.25) is 5.95 Å². The van der Waals surface area contributed by atoms with Crippen LogP contribution in [0.5, 0.6) is 0 Å². The van der Waals surface area contributed by atoms with Gasteiger partial charge in [0.15, 0.2) is 5.69 Å². The molecule has 0 radical (unpaired) electrons. The molecule has 5 rings (SSSR count). The van der Waals surface area contributed by atoms with Crippen LogP contribution in [0.25, 0.3) is 16.8 Å². The van der Waals surface area contributed by atoms with Crippen LogP contribution in [0.1, 0.15) is 25.5 Å². The van der Waals surface area contributed by atoms with Crippen LogP contribution in [-0.2, 0) is 4.74 Å². The summed E-state index contributed by atoms with van der Waals surface area (Å²) in [6.07, 6.45) is 5.48. The minimum atomic E-state index is 0.0102. The highest BCUT2D eigenvalue weighted by atomic mass is 35.5. The highest BCUT2D eigenvalue weighted by Gasteiger charge is 2.47. The van der Waals surface area contributed by atoms with Crippen LogP contribution in [0.15, 0.2) is 30.6 Å². The lowest BCUT2D eigenvalue weighted by atomic mass is 9.73. The maximum absolute atomic E-state index is 9.91. The lowest BCUT2D eigenvalue weighted by Gasteiger charge is -2.41. The molecule has 7 nitrogen and oxygen atoms in total. The van der Waals surface area contributed by atoms with E-state index in [9.17, 15) is 5.26 Å². The standard InChI is InChI=1S/C22H22Cl2N6O/c1-13-19(26)22(12-31-13)5-8-29(9-6-22)21-28-16(11-25)17(20-27-7-10-30(20)21)14-3-2-4-15(23)18(14)24/h2-4,7,10,13,19H,5-6,8-9,12,26H2,1H3. The van der Waals surface area contributed by atoms with E-state index in [2.05, 4.69) is 16.0 Å². The van der Waals surface area contributed by atoms with Crippen LogP contribution in [-0.4, -0.2) is 46.2 Å². The summed E-state index contributed by atoms with van der Waals surface area (Å²) in [5, 5.41) is 10.7. The molecule has 0 saturated carbocycles. The second-order valence-electron chi connectivity index (χ2n) is 8.36. The molecule has 3 aromatic rings. The van der Waals surface area contributed by atoms with Crippen molar-refractivity contribution in [2.75, 3.05) is 24.6 Å². The molecular formula is C22H22Cl2N6O. The number of aromatic nitrogens is 3. The molecule has 2 fully saturated rings. The molecule has 2 N–H and O–H groups in total. The molecule has 2 unspecified atom stereocenters. The van der Waals surface area contributed by atoms with E-state index in [-0.39, 0.29) is 23.3 Å². The molecule has 0 bridgehead atoms. The van der Waals surface area contributed by atoms with Crippen molar-refractivity contribution in [3.8, 4) is 17.2 Å². The molecule has 4 heterocycles. The van der Waals surface area contributed by atoms with E-state index in [1.54, 1.807) is 18.3 Å². The monoisotopic (exact) mass is 456 g/mol. The summed E-state index contributed by atoms with van der Waals surface area (Å²) in [6, 6.07) is 7.61. The van der Waals surface area contributed by atoms with E-state index < -0.39 is 0 Å². The Morgan fingerprint density at radius 3 is 2.74 bits per heavy atom. The number of hydrogen-bond acceptors (Lipinski definition) is 6. The van der Waals surface area contributed by atoms with Crippen molar-refractivity contribution >= 4 is 34.8 Å². The van der Waals surface area contributed by atoms with Crippen molar-refractivity contribution in [1.29, 1.82) is 5.26 Å². The second-order valence-corrected chi connectivity index (χ2v) is 9.15. The number of ether oxygens (including phenoxy) is 1. The van der Waals surface area contributed by atoms with E-state index >= 15 is 0 Å². The second kappa shape index (κ2) is 7.64. The summed E-state index contributed by atoms with van der Waals surface area (Å²) in [6.45, 7) is 4.31. The van der Waals surface area contributed by atoms with Crippen molar-refractivity contribution in [2.24, 2.45) is 11.1 Å². The van der Waals surface area contributed by atoms with Crippen molar-refractivity contribution in [3.05, 3.63) is 46.3 Å². The van der Waals surface area contributed by atoms with Gasteiger partial charge in [0.1, 0.15) is 11.7 Å². The Morgan fingerprint density at radius 1 is 1.29 bits per heavy atom. The normalized spacial score (nSPS) is 22.9. The van der Waals surface area contributed by atoms with Crippen molar-refractivity contribution in [2.45, 2.75) is 31.9 Å². The van der Waals surface area contributed by atoms with Crippen LogP contribution in [0, 0.1) is 16.7 Å². The summed E-state index contributed by atoms with van der Waals surface area (Å²) in [5.74, 6) is 0.696. The van der Waals surface area contributed by atoms with Crippen molar-refractivity contribution in [3.63, 3.8) is 0 Å². The molecule has 1 aromatic carbocycles. The first-order valence-electron chi connectivity index (χ1n) is 10.3. The van der Waals surface area contributed by atoms with Gasteiger partial charge in [0.25, 0.3) is 0 Å². The Balaban J connectivity index is 1.56. The summed E-state index contributed by atoms with van der Waals surface area (Å²) in [4.78, 5) is 11.5. The largest absolute Gasteiger partial charge is 0.376 e. The van der Waals surface area contributed by atoms with E-state index in [0.29, 0.717) is 39.4 Å². The zero-order chi connectivity index (χ0) is 21.8. The van der Waals surface area contributed by atoms with E-state index in [1.165, 1.54) is 0 Å². The number of hydrogen-bond donors (Lipinski definition) is 1. The smallest absolute Gasteiger partial charge is 0.212 e. The summed E-state index contributed by atoms with van der Waals surface area (Å²) >= 11 is 12.7. The van der Waals surface area contributed by atoms with E-state index in [1.807, 2.05) is 23.6 Å². The van der Waals surface area contributed by atoms with Gasteiger partial charge in [-0.1, -0.05) is 35.3 Å². The minimum absolute atomic E-state index is 0.0102. The topological polar surface area (TPSA) is 92.5 Å². The van der Waals surface area contributed by atoms with Crippen molar-refractivity contribution < 1.29 is 4.74 Å². The third kappa shape index (κ3) is 3.17. The van der Waals surface area contributed by atoms with Gasteiger partial charge >= 0.3 is 0 Å². The van der Waals surface area contributed by atoms with Crippen LogP contribution in [0.4, 0.5) is 5.95 Å². The van der Waals surface area contributed by atoms with Gasteiger partial charge < -0.3 is 15.4 Å². The van der Waals surface area contributed by atoms with Crippen molar-refractivity contribution in [1.82, 2.24) is 14.4 Å². The SMILES string of the molecule is CC1OCC2(CCN(c3nc(C#N)c(-c4cccc(Cl)c4Cl)c4nccn34)CC2)C1N. The first-order valence-corrected chi connectivity index (χ1v) is 11.0. The highest BCUT2D eigenvalue weighted by Crippen LogP contribution is 2.43. The Bertz CT molecular complexity index is 1190. The first kappa shape index (κ1) is 20.5. The number of nitrogens with two attached hydrogens (primary N) is 1. The van der Waals surface area contributed by atoms with Gasteiger partial charge in [-0.3, -0.25) is 4.40 Å². The maximum Gasteiger partial charge on any atom is 0.212 e. The zero-order valence-corrected chi connectivity index (χ0v) is 18.6. The fourth-order valence-corrected chi connectivity index (χ4v) is 5.23. The fourth-order valence-electron chi connectivity index (χ4n) is 4.84. The molecule has 2 atom stereocenters. The predicted molar refractivity (Wildman–Crippen MR) is 120 cm³/mol. The van der Waals surface area contributed by atoms with Crippen LogP contribution < -0.4 is 10.6 Å². The van der Waals surface area contributed by atoms with E-state index in [4.69, 9.17) is 38.7 Å². The quantitative estimate of drug-likeness (QED) is 0.628. The average Bonchev–Trinajstić information content (AvgIpc) is 3.37. The van der Waals surface area contributed by atoms with Gasteiger partial charge in [0, 0.05) is 42.5 Å². The first-order chi connectivity index (χ1) is 14.9. The molecule has 1 spiro atoms. The number of halogens is 2. The number of nitriles is 1. The molecule has 2 aromatic heterocycles. The summed E-state index contributed by atoms with van der Waals surface area (Å²) < 4.78 is 7.75. The summed E-state index contributed by atoms with van der Waals surface area (Å²) in [7, 11) is 0. The lowest BCUT2D eigenvalue weighted by molar-refractivity contribution is 0.0973. The van der Waals surface area contributed by atoms with Crippen LogP contribution >= 0.6 is 23.2 Å². The minimum Gasteiger partial charge on any atom is -0.376 e. The van der Waals surface area contributed by atoms with Gasteiger partial charge in [-0.15, -0.1) is 0 Å². The molecule has 2 saturated heterocycles. The van der Waals surface area contributed by atoms with Crippen LogP contribution in [0.2, 0.25) is 10.0 Å². The maximum atomic E-state index is 9.91. The molecule has 0 amide bonds. The Morgan fingerprint density at radius 2 is 2.06 bits per heavy atom. The lowest BCUT2D eigenvalue weighted by Crippen LogP contribution is -2.51. The molecule has 0 aliphatic carbocycles. The van der Waals surface area contributed by atoms with Crippen LogP contribution in [0.3, 0.4) is 0 Å². The van der Waals surface area contributed by atoms with Gasteiger partial charge in [0.05, 0.1) is 28.3 Å². The fraction of sp³-hybridized carbons (Fsp3) is 0.409. The molecule has 31 heavy (non-hydrogen) atoms. The third-order valence-corrected chi connectivity index (χ3v) is 7.56. The van der Waals surface area contributed by atoms with Gasteiger partial charge in [-0.25, -0.2) is 9.97 Å². The molecule has 2 aliphatic heterocycles. The molecular weight excluding hydrogens is 435 g/mol. The number of imidazole rings is 1. The number of anilines is 1. The van der Waals surface area contributed by atoms with Gasteiger partial charge in [-0.05, 0) is 25.8 Å². The number of benzene rings is 1. The zero-order valence-electron chi connectivity index (χ0n) is 17.1.